The molecule has 1 amide bonds. The first-order valence-electron chi connectivity index (χ1n) is 16.3. The molecule has 5 rings (SSSR count). The van der Waals surface area contributed by atoms with Crippen LogP contribution in [0.1, 0.15) is 97.5 Å². The highest BCUT2D eigenvalue weighted by atomic mass is 28.3. The minimum atomic E-state index is -2.01. The fourth-order valence-corrected chi connectivity index (χ4v) is 10.1. The van der Waals surface area contributed by atoms with Crippen molar-refractivity contribution in [2.24, 2.45) is 17.8 Å². The Hall–Kier alpha value is -2.53. The van der Waals surface area contributed by atoms with Crippen LogP contribution in [0.25, 0.3) is 10.9 Å². The van der Waals surface area contributed by atoms with Crippen molar-refractivity contribution in [3.05, 3.63) is 71.4 Å². The van der Waals surface area contributed by atoms with Gasteiger partial charge in [-0.05, 0) is 58.7 Å². The molecule has 1 aliphatic carbocycles. The van der Waals surface area contributed by atoms with E-state index in [0.29, 0.717) is 12.5 Å². The summed E-state index contributed by atoms with van der Waals surface area (Å²) in [7, 11) is -2.01. The summed E-state index contributed by atoms with van der Waals surface area (Å²) in [5, 5.41) is 1.52. The van der Waals surface area contributed by atoms with Crippen LogP contribution in [-0.4, -0.2) is 36.1 Å². The molecule has 2 aromatic carbocycles. The van der Waals surface area contributed by atoms with Gasteiger partial charge in [0.2, 0.25) is 0 Å². The maximum absolute atomic E-state index is 14.4. The van der Waals surface area contributed by atoms with Crippen LogP contribution in [0.4, 0.5) is 4.79 Å². The van der Waals surface area contributed by atoms with E-state index < -0.39 is 8.24 Å². The zero-order valence-electron chi connectivity index (χ0n) is 27.8. The Labute approximate surface area is 255 Å². The molecule has 0 saturated heterocycles. The Morgan fingerprint density at radius 1 is 0.952 bits per heavy atom. The zero-order chi connectivity index (χ0) is 30.6. The highest BCUT2D eigenvalue weighted by Crippen LogP contribution is 2.48. The molecule has 5 heteroatoms. The number of carbonyl (C=O) groups is 1. The average molecular weight is 587 g/mol. The molecule has 1 aromatic heterocycles. The maximum Gasteiger partial charge on any atom is 0.410 e. The third kappa shape index (κ3) is 5.24. The lowest BCUT2D eigenvalue weighted by atomic mass is 9.64. The lowest BCUT2D eigenvalue weighted by Crippen LogP contribution is -2.51. The molecule has 2 aliphatic rings. The van der Waals surface area contributed by atoms with Crippen LogP contribution >= 0.6 is 0 Å². The summed E-state index contributed by atoms with van der Waals surface area (Å²) in [6.07, 6.45) is 3.86. The van der Waals surface area contributed by atoms with Crippen molar-refractivity contribution in [3.63, 3.8) is 0 Å². The first kappa shape index (κ1) is 30.9. The van der Waals surface area contributed by atoms with Crippen LogP contribution < -0.4 is 0 Å². The van der Waals surface area contributed by atoms with Gasteiger partial charge in [-0.15, -0.1) is 0 Å². The van der Waals surface area contributed by atoms with E-state index in [1.54, 1.807) is 0 Å². The molecule has 228 valence electrons. The second-order valence-corrected chi connectivity index (χ2v) is 20.8. The molecule has 1 aliphatic heterocycles. The summed E-state index contributed by atoms with van der Waals surface area (Å²) in [5.41, 5.74) is 5.38. The number of aromatic nitrogens is 1. The largest absolute Gasteiger partial charge is 0.446 e. The molecule has 4 nitrogen and oxygen atoms in total. The predicted octanol–water partition coefficient (Wildman–Crippen LogP) is 9.97. The maximum atomic E-state index is 14.4. The summed E-state index contributed by atoms with van der Waals surface area (Å²) in [6.45, 7) is 24.4. The first-order chi connectivity index (χ1) is 19.7. The van der Waals surface area contributed by atoms with Gasteiger partial charge in [-0.1, -0.05) is 123 Å². The second-order valence-electron chi connectivity index (χ2n) is 15.7. The Bertz CT molecular complexity index is 1410. The number of amides is 1. The molecule has 42 heavy (non-hydrogen) atoms. The fourth-order valence-electron chi connectivity index (χ4n) is 7.80. The summed E-state index contributed by atoms with van der Waals surface area (Å²) in [4.78, 5) is 16.5. The van der Waals surface area contributed by atoms with Crippen molar-refractivity contribution in [2.45, 2.75) is 117 Å². The fraction of sp³-hybridized carbons (Fsp3) is 0.595. The van der Waals surface area contributed by atoms with E-state index in [9.17, 15) is 4.79 Å². The number of fused-ring (bicyclic) bond motifs is 3. The molecule has 0 radical (unpaired) electrons. The summed E-state index contributed by atoms with van der Waals surface area (Å²) >= 11 is 0. The van der Waals surface area contributed by atoms with E-state index in [0.717, 1.165) is 19.3 Å². The monoisotopic (exact) mass is 586 g/mol. The molecule has 0 spiro atoms. The molecule has 3 aromatic rings. The van der Waals surface area contributed by atoms with E-state index in [1.807, 2.05) is 0 Å². The molecule has 0 bridgehead atoms. The Kier molecular flexibility index (Phi) is 8.24. The number of nitrogens with zero attached hydrogens (tertiary/aromatic N) is 2. The van der Waals surface area contributed by atoms with E-state index in [2.05, 4.69) is 132 Å². The number of para-hydroxylation sites is 1. The summed E-state index contributed by atoms with van der Waals surface area (Å²) in [6, 6.07) is 19.7. The van der Waals surface area contributed by atoms with Crippen molar-refractivity contribution in [1.82, 2.24) is 9.13 Å². The highest BCUT2D eigenvalue weighted by Gasteiger charge is 2.47. The van der Waals surface area contributed by atoms with Gasteiger partial charge in [0.25, 0.3) is 0 Å². The van der Waals surface area contributed by atoms with Crippen molar-refractivity contribution in [1.29, 1.82) is 0 Å². The zero-order valence-corrected chi connectivity index (χ0v) is 28.8. The first-order valence-corrected chi connectivity index (χ1v) is 19.3. The van der Waals surface area contributed by atoms with Gasteiger partial charge in [-0.2, -0.15) is 0 Å². The number of carbonyl (C=O) groups excluding carboxylic acids is 1. The summed E-state index contributed by atoms with van der Waals surface area (Å²) < 4.78 is 9.39. The van der Waals surface area contributed by atoms with E-state index >= 15 is 0 Å². The van der Waals surface area contributed by atoms with Crippen molar-refractivity contribution < 1.29 is 9.53 Å². The Morgan fingerprint density at radius 2 is 1.60 bits per heavy atom. The van der Waals surface area contributed by atoms with Gasteiger partial charge in [0.1, 0.15) is 6.10 Å². The van der Waals surface area contributed by atoms with Crippen molar-refractivity contribution in [2.75, 3.05) is 6.54 Å². The average Bonchev–Trinajstić information content (AvgIpc) is 3.27. The van der Waals surface area contributed by atoms with E-state index in [1.165, 1.54) is 34.1 Å². The highest BCUT2D eigenvalue weighted by molar-refractivity contribution is 6.79. The number of hydrogen-bond acceptors (Lipinski definition) is 2. The molecular formula is C37H54N2O2Si. The van der Waals surface area contributed by atoms with Crippen LogP contribution in [0.5, 0.6) is 0 Å². The standard InChI is InChI=1S/C37H54N2O2Si/c1-25(2)33-34-29(28-18-14-15-19-31(28)39(34)42(9,10)36(4,5)6)22-23-38(33)35(40)41-32-24-26(3)20-21-30(32)37(7,8)27-16-12-11-13-17-27/h11-19,25-26,30,32-33H,20-24H2,1-10H3/t26-,30-,32-,33+/m1/s1. The van der Waals surface area contributed by atoms with Crippen LogP contribution in [0, 0.1) is 17.8 Å². The molecule has 0 unspecified atom stereocenters. The number of benzene rings is 2. The van der Waals surface area contributed by atoms with Gasteiger partial charge in [0.15, 0.2) is 8.24 Å². The van der Waals surface area contributed by atoms with Gasteiger partial charge >= 0.3 is 6.09 Å². The SMILES string of the molecule is CC(C)[C@H]1c2c(c3ccccc3n2[Si](C)(C)C(C)(C)C)CCN1C(=O)O[C@@H]1C[C@H](C)CC[C@H]1C(C)(C)c1ccccc1. The summed E-state index contributed by atoms with van der Waals surface area (Å²) in [5.74, 6) is 1.11. The van der Waals surface area contributed by atoms with Crippen LogP contribution in [-0.2, 0) is 16.6 Å². The topological polar surface area (TPSA) is 34.5 Å². The minimum absolute atomic E-state index is 0.00984. The lowest BCUT2D eigenvalue weighted by Gasteiger charge is -2.47. The number of ether oxygens (including phenoxy) is 1. The number of hydrogen-bond donors (Lipinski definition) is 0. The van der Waals surface area contributed by atoms with Gasteiger partial charge < -0.3 is 8.97 Å². The van der Waals surface area contributed by atoms with Crippen LogP contribution in [0.3, 0.4) is 0 Å². The van der Waals surface area contributed by atoms with E-state index in [-0.39, 0.29) is 40.5 Å². The molecule has 1 saturated carbocycles. The lowest BCUT2D eigenvalue weighted by molar-refractivity contribution is -0.0269. The van der Waals surface area contributed by atoms with Gasteiger partial charge in [0, 0.05) is 29.1 Å². The van der Waals surface area contributed by atoms with Crippen LogP contribution in [0.2, 0.25) is 18.1 Å². The quantitative estimate of drug-likeness (QED) is 0.279. The smallest absolute Gasteiger partial charge is 0.410 e. The van der Waals surface area contributed by atoms with E-state index in [4.69, 9.17) is 4.74 Å². The number of rotatable bonds is 5. The Balaban J connectivity index is 1.54. The van der Waals surface area contributed by atoms with Crippen molar-refractivity contribution in [3.8, 4) is 0 Å². The van der Waals surface area contributed by atoms with Gasteiger partial charge in [-0.25, -0.2) is 4.79 Å². The molecule has 0 N–H and O–H groups in total. The predicted molar refractivity (Wildman–Crippen MR) is 179 cm³/mol. The Morgan fingerprint density at radius 3 is 2.24 bits per heavy atom. The molecular weight excluding hydrogens is 533 g/mol. The molecule has 1 fully saturated rings. The third-order valence-corrected chi connectivity index (χ3v) is 16.5. The van der Waals surface area contributed by atoms with Crippen molar-refractivity contribution >= 4 is 25.2 Å². The van der Waals surface area contributed by atoms with Gasteiger partial charge in [0.05, 0.1) is 6.04 Å². The minimum Gasteiger partial charge on any atom is -0.446 e. The normalized spacial score (nSPS) is 23.7. The molecule has 4 atom stereocenters. The van der Waals surface area contributed by atoms with Gasteiger partial charge in [-0.3, -0.25) is 4.90 Å². The van der Waals surface area contributed by atoms with Crippen LogP contribution in [0.15, 0.2) is 54.6 Å². The third-order valence-electron chi connectivity index (χ3n) is 11.3. The second kappa shape index (κ2) is 11.2. The molecule has 2 heterocycles.